The van der Waals surface area contributed by atoms with E-state index < -0.39 is 0 Å². The molecule has 0 bridgehead atoms. The molecule has 1 unspecified atom stereocenters. The van der Waals surface area contributed by atoms with E-state index in [0.717, 1.165) is 12.3 Å². The fourth-order valence-electron chi connectivity index (χ4n) is 2.61. The van der Waals surface area contributed by atoms with Gasteiger partial charge in [-0.25, -0.2) is 0 Å². The lowest BCUT2D eigenvalue weighted by atomic mass is 9.93. The summed E-state index contributed by atoms with van der Waals surface area (Å²) in [5.41, 5.74) is 2.59. The Morgan fingerprint density at radius 2 is 2.05 bits per heavy atom. The molecule has 0 saturated heterocycles. The molecule has 0 fully saturated rings. The quantitative estimate of drug-likeness (QED) is 0.773. The molecule has 0 aromatic heterocycles. The van der Waals surface area contributed by atoms with Gasteiger partial charge < -0.3 is 14.4 Å². The summed E-state index contributed by atoms with van der Waals surface area (Å²) in [4.78, 5) is 4.35. The Bertz CT molecular complexity index is 448. The van der Waals surface area contributed by atoms with Crippen LogP contribution in [-0.2, 0) is 11.3 Å². The monoisotopic (exact) mass is 278 g/mol. The van der Waals surface area contributed by atoms with Crippen LogP contribution in [0.15, 0.2) is 18.2 Å². The van der Waals surface area contributed by atoms with Crippen molar-refractivity contribution in [2.24, 2.45) is 0 Å². The summed E-state index contributed by atoms with van der Waals surface area (Å²) in [6.45, 7) is 6.55. The van der Waals surface area contributed by atoms with Gasteiger partial charge in [0.25, 0.3) is 0 Å². The van der Waals surface area contributed by atoms with Gasteiger partial charge in [-0.05, 0) is 57.9 Å². The molecule has 0 spiro atoms. The zero-order valence-corrected chi connectivity index (χ0v) is 13.2. The van der Waals surface area contributed by atoms with Crippen LogP contribution >= 0.6 is 0 Å². The summed E-state index contributed by atoms with van der Waals surface area (Å²) < 4.78 is 11.7. The number of ether oxygens (including phenoxy) is 2. The summed E-state index contributed by atoms with van der Waals surface area (Å²) in [6, 6.07) is 6.61. The first-order valence-corrected chi connectivity index (χ1v) is 7.25. The minimum Gasteiger partial charge on any atom is -0.478 e. The molecule has 112 valence electrons. The molecular weight excluding hydrogens is 252 g/mol. The maximum atomic E-state index is 5.85. The van der Waals surface area contributed by atoms with Crippen molar-refractivity contribution < 1.29 is 9.47 Å². The molecular formula is C16H26N2O2. The molecule has 1 heterocycles. The van der Waals surface area contributed by atoms with Crippen molar-refractivity contribution in [1.29, 1.82) is 0 Å². The molecule has 4 nitrogen and oxygen atoms in total. The summed E-state index contributed by atoms with van der Waals surface area (Å²) in [5.74, 6) is 0.935. The summed E-state index contributed by atoms with van der Waals surface area (Å²) in [6.07, 6.45) is 0.200. The maximum absolute atomic E-state index is 5.85. The third-order valence-corrected chi connectivity index (χ3v) is 3.93. The molecule has 20 heavy (non-hydrogen) atoms. The van der Waals surface area contributed by atoms with Crippen molar-refractivity contribution in [2.75, 3.05) is 34.4 Å². The Hall–Kier alpha value is -1.10. The minimum atomic E-state index is 0.200. The molecule has 1 aliphatic heterocycles. The van der Waals surface area contributed by atoms with Crippen molar-refractivity contribution in [2.45, 2.75) is 32.6 Å². The zero-order valence-electron chi connectivity index (χ0n) is 13.2. The molecule has 2 rings (SSSR count). The maximum Gasteiger partial charge on any atom is 0.141 e. The second-order valence-electron chi connectivity index (χ2n) is 5.73. The molecule has 1 aromatic carbocycles. The lowest BCUT2D eigenvalue weighted by molar-refractivity contribution is -0.0169. The van der Waals surface area contributed by atoms with Crippen LogP contribution in [0, 0.1) is 0 Å². The van der Waals surface area contributed by atoms with E-state index in [1.165, 1.54) is 11.1 Å². The molecule has 0 N–H and O–H groups in total. The van der Waals surface area contributed by atoms with Gasteiger partial charge in [-0.2, -0.15) is 0 Å². The highest BCUT2D eigenvalue weighted by Crippen LogP contribution is 2.34. The highest BCUT2D eigenvalue weighted by molar-refractivity contribution is 5.39. The van der Waals surface area contributed by atoms with Crippen molar-refractivity contribution in [3.05, 3.63) is 29.3 Å². The molecule has 1 aliphatic rings. The van der Waals surface area contributed by atoms with Gasteiger partial charge in [-0.3, -0.25) is 4.90 Å². The Labute approximate surface area is 122 Å². The highest BCUT2D eigenvalue weighted by atomic mass is 16.5. The third kappa shape index (κ3) is 3.32. The van der Waals surface area contributed by atoms with Crippen LogP contribution in [0.3, 0.4) is 0 Å². The molecule has 4 heteroatoms. The average molecular weight is 278 g/mol. The summed E-state index contributed by atoms with van der Waals surface area (Å²) in [7, 11) is 6.24. The fourth-order valence-corrected chi connectivity index (χ4v) is 2.61. The second-order valence-corrected chi connectivity index (χ2v) is 5.73. The van der Waals surface area contributed by atoms with Crippen LogP contribution < -0.4 is 4.74 Å². The van der Waals surface area contributed by atoms with Crippen LogP contribution in [-0.4, -0.2) is 50.3 Å². The van der Waals surface area contributed by atoms with Crippen LogP contribution in [0.4, 0.5) is 0 Å². The summed E-state index contributed by atoms with van der Waals surface area (Å²) in [5, 5.41) is 0. The van der Waals surface area contributed by atoms with Gasteiger partial charge >= 0.3 is 0 Å². The molecule has 0 saturated carbocycles. The molecule has 0 amide bonds. The fraction of sp³-hybridized carbons (Fsp3) is 0.625. The van der Waals surface area contributed by atoms with Gasteiger partial charge in [0, 0.05) is 0 Å². The number of likely N-dealkylation sites (N-methyl/N-ethyl adjacent to an activating group) is 1. The topological polar surface area (TPSA) is 24.9 Å². The Balaban J connectivity index is 2.19. The van der Waals surface area contributed by atoms with E-state index in [2.05, 4.69) is 56.9 Å². The lowest BCUT2D eigenvalue weighted by Gasteiger charge is -2.36. The van der Waals surface area contributed by atoms with Crippen LogP contribution in [0.25, 0.3) is 0 Å². The number of nitrogens with zero attached hydrogens (tertiary/aromatic N) is 2. The first-order valence-electron chi connectivity index (χ1n) is 7.25. The highest BCUT2D eigenvalue weighted by Gasteiger charge is 2.29. The Kier molecular flexibility index (Phi) is 5.02. The molecule has 2 atom stereocenters. The van der Waals surface area contributed by atoms with Crippen molar-refractivity contribution >= 4 is 0 Å². The van der Waals surface area contributed by atoms with Crippen LogP contribution in [0.5, 0.6) is 5.75 Å². The van der Waals surface area contributed by atoms with E-state index in [1.54, 1.807) is 0 Å². The van der Waals surface area contributed by atoms with E-state index in [0.29, 0.717) is 13.3 Å². The SMILES string of the molecule is CCN(C)COc1ccc2c(c1)C(N(C)C)[C@H](C)OC2. The van der Waals surface area contributed by atoms with Gasteiger partial charge in [0.05, 0.1) is 18.8 Å². The predicted octanol–water partition coefficient (Wildman–Crippen LogP) is 2.50. The standard InChI is InChI=1S/C16H26N2O2/c1-6-18(5)11-20-14-8-7-13-10-19-12(2)16(17(3)4)15(13)9-14/h7-9,12,16H,6,10-11H2,1-5H3/t12-,16?/m0/s1. The van der Waals surface area contributed by atoms with Crippen molar-refractivity contribution in [1.82, 2.24) is 9.80 Å². The van der Waals surface area contributed by atoms with Crippen molar-refractivity contribution in [3.8, 4) is 5.75 Å². The molecule has 1 aromatic rings. The Morgan fingerprint density at radius 3 is 2.70 bits per heavy atom. The number of fused-ring (bicyclic) bond motifs is 1. The number of hydrogen-bond donors (Lipinski definition) is 0. The first kappa shape index (κ1) is 15.3. The van der Waals surface area contributed by atoms with Gasteiger partial charge in [0.15, 0.2) is 0 Å². The average Bonchev–Trinajstić information content (AvgIpc) is 2.43. The third-order valence-electron chi connectivity index (χ3n) is 3.93. The van der Waals surface area contributed by atoms with Crippen LogP contribution in [0.2, 0.25) is 0 Å². The van der Waals surface area contributed by atoms with E-state index in [4.69, 9.17) is 9.47 Å². The number of benzene rings is 1. The van der Waals surface area contributed by atoms with E-state index >= 15 is 0 Å². The van der Waals surface area contributed by atoms with Gasteiger partial charge in [-0.15, -0.1) is 0 Å². The molecule has 0 aliphatic carbocycles. The zero-order chi connectivity index (χ0) is 14.7. The normalized spacial score (nSPS) is 22.1. The van der Waals surface area contributed by atoms with Crippen molar-refractivity contribution in [3.63, 3.8) is 0 Å². The van der Waals surface area contributed by atoms with Gasteiger partial charge in [0.1, 0.15) is 12.5 Å². The summed E-state index contributed by atoms with van der Waals surface area (Å²) >= 11 is 0. The number of rotatable bonds is 5. The Morgan fingerprint density at radius 1 is 1.30 bits per heavy atom. The first-order chi connectivity index (χ1) is 9.52. The van der Waals surface area contributed by atoms with Gasteiger partial charge in [-0.1, -0.05) is 13.0 Å². The smallest absolute Gasteiger partial charge is 0.141 e. The lowest BCUT2D eigenvalue weighted by Crippen LogP contribution is -2.35. The van der Waals surface area contributed by atoms with E-state index in [-0.39, 0.29) is 12.1 Å². The largest absolute Gasteiger partial charge is 0.478 e. The van der Waals surface area contributed by atoms with E-state index in [9.17, 15) is 0 Å². The molecule has 0 radical (unpaired) electrons. The van der Waals surface area contributed by atoms with Gasteiger partial charge in [0.2, 0.25) is 0 Å². The second kappa shape index (κ2) is 6.57. The van der Waals surface area contributed by atoms with Crippen LogP contribution in [0.1, 0.15) is 31.0 Å². The van der Waals surface area contributed by atoms with E-state index in [1.807, 2.05) is 6.07 Å². The predicted molar refractivity (Wildman–Crippen MR) is 80.9 cm³/mol. The number of hydrogen-bond acceptors (Lipinski definition) is 4. The minimum absolute atomic E-state index is 0.200.